The molecule has 0 amide bonds. The van der Waals surface area contributed by atoms with Crippen LogP contribution in [0, 0.1) is 24.0 Å². The lowest BCUT2D eigenvalue weighted by Crippen LogP contribution is -2.15. The molecule has 2 aromatic heterocycles. The lowest BCUT2D eigenvalue weighted by Gasteiger charge is -2.08. The van der Waals surface area contributed by atoms with Crippen molar-refractivity contribution in [3.05, 3.63) is 27.5 Å². The SMILES string of the molecule is Cc1nc(CCNc2nc(NN)nc(C)c2[N+](=O)[O-])no1. The fraction of sp³-hybridized carbons (Fsp3) is 0.400. The van der Waals surface area contributed by atoms with Crippen molar-refractivity contribution in [3.63, 3.8) is 0 Å². The van der Waals surface area contributed by atoms with Crippen LogP contribution in [0.25, 0.3) is 0 Å². The standard InChI is InChI=1S/C10H14N8O3/c1-5-8(18(19)20)9(15-10(13-5)16-11)12-4-3-7-14-6(2)21-17-7/h3-4,11H2,1-2H3,(H2,12,13,15,16). The van der Waals surface area contributed by atoms with Crippen LogP contribution in [0.3, 0.4) is 0 Å². The molecule has 0 radical (unpaired) electrons. The maximum atomic E-state index is 11.1. The average Bonchev–Trinajstić information content (AvgIpc) is 2.83. The zero-order valence-corrected chi connectivity index (χ0v) is 11.5. The zero-order valence-electron chi connectivity index (χ0n) is 11.5. The first-order chi connectivity index (χ1) is 10.0. The summed E-state index contributed by atoms with van der Waals surface area (Å²) < 4.78 is 4.84. The second kappa shape index (κ2) is 6.09. The second-order valence-electron chi connectivity index (χ2n) is 4.14. The summed E-state index contributed by atoms with van der Waals surface area (Å²) >= 11 is 0. The van der Waals surface area contributed by atoms with Crippen LogP contribution in [0.4, 0.5) is 17.5 Å². The van der Waals surface area contributed by atoms with Gasteiger partial charge in [-0.3, -0.25) is 15.5 Å². The number of nitrogens with two attached hydrogens (primary N) is 1. The molecule has 21 heavy (non-hydrogen) atoms. The molecule has 2 aromatic rings. The van der Waals surface area contributed by atoms with Crippen LogP contribution in [-0.4, -0.2) is 31.6 Å². The van der Waals surface area contributed by atoms with Gasteiger partial charge in [-0.25, -0.2) is 10.8 Å². The summed E-state index contributed by atoms with van der Waals surface area (Å²) in [4.78, 5) is 22.4. The molecular formula is C10H14N8O3. The van der Waals surface area contributed by atoms with Gasteiger partial charge in [-0.2, -0.15) is 9.97 Å². The number of nitrogen functional groups attached to an aromatic ring is 1. The maximum Gasteiger partial charge on any atom is 0.332 e. The van der Waals surface area contributed by atoms with E-state index in [4.69, 9.17) is 10.4 Å². The van der Waals surface area contributed by atoms with Crippen LogP contribution in [0.15, 0.2) is 4.52 Å². The zero-order chi connectivity index (χ0) is 15.4. The number of hydrogen-bond acceptors (Lipinski definition) is 10. The van der Waals surface area contributed by atoms with Crippen LogP contribution >= 0.6 is 0 Å². The van der Waals surface area contributed by atoms with Crippen molar-refractivity contribution in [3.8, 4) is 0 Å². The molecule has 0 fully saturated rings. The Kier molecular flexibility index (Phi) is 4.23. The van der Waals surface area contributed by atoms with Gasteiger partial charge >= 0.3 is 5.69 Å². The average molecular weight is 294 g/mol. The maximum absolute atomic E-state index is 11.1. The van der Waals surface area contributed by atoms with Crippen molar-refractivity contribution in [1.29, 1.82) is 0 Å². The van der Waals surface area contributed by atoms with Crippen molar-refractivity contribution in [2.75, 3.05) is 17.3 Å². The van der Waals surface area contributed by atoms with Crippen molar-refractivity contribution in [1.82, 2.24) is 20.1 Å². The van der Waals surface area contributed by atoms with Crippen LogP contribution in [0.5, 0.6) is 0 Å². The molecule has 0 saturated carbocycles. The number of rotatable bonds is 6. The molecule has 11 heteroatoms. The molecule has 0 saturated heterocycles. The molecular weight excluding hydrogens is 280 g/mol. The van der Waals surface area contributed by atoms with E-state index >= 15 is 0 Å². The van der Waals surface area contributed by atoms with E-state index in [1.54, 1.807) is 6.92 Å². The van der Waals surface area contributed by atoms with Crippen molar-refractivity contribution < 1.29 is 9.45 Å². The minimum Gasteiger partial charge on any atom is -0.364 e. The molecule has 0 aliphatic heterocycles. The first-order valence-electron chi connectivity index (χ1n) is 6.04. The molecule has 0 aliphatic rings. The van der Waals surface area contributed by atoms with E-state index in [-0.39, 0.29) is 23.1 Å². The number of aryl methyl sites for hydroxylation is 2. The Morgan fingerprint density at radius 2 is 2.10 bits per heavy atom. The quantitative estimate of drug-likeness (QED) is 0.385. The Labute approximate surface area is 119 Å². The number of nitro groups is 1. The molecule has 2 heterocycles. The van der Waals surface area contributed by atoms with Gasteiger partial charge < -0.3 is 9.84 Å². The number of nitrogens with one attached hydrogen (secondary N) is 2. The minimum atomic E-state index is -0.545. The normalized spacial score (nSPS) is 10.4. The highest BCUT2D eigenvalue weighted by molar-refractivity contribution is 5.60. The molecule has 11 nitrogen and oxygen atoms in total. The minimum absolute atomic E-state index is 0.0840. The monoisotopic (exact) mass is 294 g/mol. The first-order valence-corrected chi connectivity index (χ1v) is 6.04. The summed E-state index contributed by atoms with van der Waals surface area (Å²) in [6, 6.07) is 0. The Bertz CT molecular complexity index is 656. The molecule has 0 spiro atoms. The fourth-order valence-electron chi connectivity index (χ4n) is 1.71. The molecule has 2 rings (SSSR count). The van der Waals surface area contributed by atoms with Crippen molar-refractivity contribution in [2.45, 2.75) is 20.3 Å². The van der Waals surface area contributed by atoms with Crippen LogP contribution < -0.4 is 16.6 Å². The van der Waals surface area contributed by atoms with E-state index < -0.39 is 4.92 Å². The number of hydrazine groups is 1. The van der Waals surface area contributed by atoms with Gasteiger partial charge in [0.25, 0.3) is 0 Å². The predicted molar refractivity (Wildman–Crippen MR) is 72.5 cm³/mol. The van der Waals surface area contributed by atoms with Crippen LogP contribution in [0.1, 0.15) is 17.4 Å². The summed E-state index contributed by atoms with van der Waals surface area (Å²) in [5, 5.41) is 17.7. The Balaban J connectivity index is 2.14. The van der Waals surface area contributed by atoms with E-state index in [0.717, 1.165) is 0 Å². The van der Waals surface area contributed by atoms with Gasteiger partial charge in [0, 0.05) is 19.9 Å². The number of anilines is 2. The van der Waals surface area contributed by atoms with Gasteiger partial charge in [0.15, 0.2) is 5.82 Å². The van der Waals surface area contributed by atoms with E-state index in [1.165, 1.54) is 6.92 Å². The van der Waals surface area contributed by atoms with Gasteiger partial charge in [0.05, 0.1) is 4.92 Å². The van der Waals surface area contributed by atoms with Crippen molar-refractivity contribution >= 4 is 17.5 Å². The number of hydrogen-bond donors (Lipinski definition) is 3. The Hall–Kier alpha value is -2.82. The lowest BCUT2D eigenvalue weighted by molar-refractivity contribution is -0.385. The predicted octanol–water partition coefficient (Wildman–Crippen LogP) is 0.325. The van der Waals surface area contributed by atoms with Gasteiger partial charge in [-0.05, 0) is 6.92 Å². The third-order valence-electron chi connectivity index (χ3n) is 2.58. The summed E-state index contributed by atoms with van der Waals surface area (Å²) in [5.74, 6) is 6.38. The fourth-order valence-corrected chi connectivity index (χ4v) is 1.71. The van der Waals surface area contributed by atoms with Gasteiger partial charge in [0.2, 0.25) is 17.7 Å². The molecule has 0 aliphatic carbocycles. The molecule has 112 valence electrons. The first kappa shape index (κ1) is 14.6. The second-order valence-corrected chi connectivity index (χ2v) is 4.14. The third-order valence-corrected chi connectivity index (χ3v) is 2.58. The Morgan fingerprint density at radius 1 is 1.33 bits per heavy atom. The van der Waals surface area contributed by atoms with Gasteiger partial charge in [0.1, 0.15) is 5.69 Å². The highest BCUT2D eigenvalue weighted by Gasteiger charge is 2.21. The number of nitrogens with zero attached hydrogens (tertiary/aromatic N) is 5. The largest absolute Gasteiger partial charge is 0.364 e. The smallest absolute Gasteiger partial charge is 0.332 e. The van der Waals surface area contributed by atoms with Crippen LogP contribution in [0.2, 0.25) is 0 Å². The summed E-state index contributed by atoms with van der Waals surface area (Å²) in [6.45, 7) is 3.54. The van der Waals surface area contributed by atoms with E-state index in [0.29, 0.717) is 24.7 Å². The molecule has 0 aromatic carbocycles. The molecule has 0 unspecified atom stereocenters. The third kappa shape index (κ3) is 3.39. The van der Waals surface area contributed by atoms with E-state index in [9.17, 15) is 10.1 Å². The summed E-state index contributed by atoms with van der Waals surface area (Å²) in [5.41, 5.74) is 2.27. The summed E-state index contributed by atoms with van der Waals surface area (Å²) in [6.07, 6.45) is 0.433. The van der Waals surface area contributed by atoms with E-state index in [2.05, 4.69) is 30.9 Å². The van der Waals surface area contributed by atoms with Crippen molar-refractivity contribution in [2.24, 2.45) is 5.84 Å². The van der Waals surface area contributed by atoms with E-state index in [1.807, 2.05) is 0 Å². The van der Waals surface area contributed by atoms with Gasteiger partial charge in [-0.1, -0.05) is 5.16 Å². The lowest BCUT2D eigenvalue weighted by atomic mass is 10.3. The number of aromatic nitrogens is 4. The topological polar surface area (TPSA) is 158 Å². The Morgan fingerprint density at radius 3 is 2.67 bits per heavy atom. The molecule has 0 atom stereocenters. The summed E-state index contributed by atoms with van der Waals surface area (Å²) in [7, 11) is 0. The molecule has 4 N–H and O–H groups in total. The van der Waals surface area contributed by atoms with Crippen LogP contribution in [-0.2, 0) is 6.42 Å². The van der Waals surface area contributed by atoms with Gasteiger partial charge in [-0.15, -0.1) is 0 Å². The molecule has 0 bridgehead atoms. The highest BCUT2D eigenvalue weighted by atomic mass is 16.6. The highest BCUT2D eigenvalue weighted by Crippen LogP contribution is 2.26.